The first-order chi connectivity index (χ1) is 6.61. The third kappa shape index (κ3) is 0.939. The number of benzene rings is 1. The summed E-state index contributed by atoms with van der Waals surface area (Å²) in [6, 6.07) is 8.31. The minimum absolute atomic E-state index is 0.0919. The van der Waals surface area contributed by atoms with Gasteiger partial charge in [-0.15, -0.1) is 0 Å². The van der Waals surface area contributed by atoms with Gasteiger partial charge in [0.25, 0.3) is 0 Å². The van der Waals surface area contributed by atoms with E-state index in [2.05, 4.69) is 32.0 Å². The summed E-state index contributed by atoms with van der Waals surface area (Å²) in [5.74, 6) is 0.709. The van der Waals surface area contributed by atoms with Crippen molar-refractivity contribution in [3.05, 3.63) is 29.8 Å². The number of fused-ring (bicyclic) bond motifs is 1. The monoisotopic (exact) mass is 188 g/mol. The molecule has 0 aromatic heterocycles. The van der Waals surface area contributed by atoms with E-state index in [1.807, 2.05) is 18.0 Å². The van der Waals surface area contributed by atoms with Crippen LogP contribution < -0.4 is 4.90 Å². The van der Waals surface area contributed by atoms with Crippen LogP contribution in [0.15, 0.2) is 24.3 Å². The number of nitrogens with one attached hydrogen (secondary N) is 1. The highest BCUT2D eigenvalue weighted by Gasteiger charge is 2.40. The minimum atomic E-state index is -0.0919. The lowest BCUT2D eigenvalue weighted by Gasteiger charge is -2.23. The fraction of sp³-hybridized carbons (Fsp3) is 0.417. The summed E-state index contributed by atoms with van der Waals surface area (Å²) >= 11 is 0. The standard InChI is InChI=1S/C12H16N2/c1-4-12(2)9-7-5-6-8-10(9)14(3)11(12)13/h5-8,13H,4H2,1-3H3. The number of hydrogen-bond donors (Lipinski definition) is 1. The molecule has 0 saturated carbocycles. The molecule has 1 aliphatic rings. The molecule has 1 heterocycles. The molecule has 1 unspecified atom stereocenters. The fourth-order valence-corrected chi connectivity index (χ4v) is 2.21. The van der Waals surface area contributed by atoms with Crippen LogP contribution in [-0.4, -0.2) is 12.9 Å². The maximum atomic E-state index is 8.12. The quantitative estimate of drug-likeness (QED) is 0.721. The number of amidine groups is 1. The fourth-order valence-electron chi connectivity index (χ4n) is 2.21. The zero-order valence-corrected chi connectivity index (χ0v) is 8.96. The first-order valence-corrected chi connectivity index (χ1v) is 5.03. The number of nitrogens with zero attached hydrogens (tertiary/aromatic N) is 1. The van der Waals surface area contributed by atoms with Gasteiger partial charge in [0.2, 0.25) is 0 Å². The van der Waals surface area contributed by atoms with Crippen molar-refractivity contribution < 1.29 is 0 Å². The van der Waals surface area contributed by atoms with Crippen LogP contribution in [0.5, 0.6) is 0 Å². The predicted molar refractivity (Wildman–Crippen MR) is 60.2 cm³/mol. The molecule has 1 aromatic carbocycles. The van der Waals surface area contributed by atoms with Crippen LogP contribution in [0, 0.1) is 5.41 Å². The van der Waals surface area contributed by atoms with Crippen LogP contribution in [0.4, 0.5) is 5.69 Å². The summed E-state index contributed by atoms with van der Waals surface area (Å²) in [7, 11) is 1.97. The van der Waals surface area contributed by atoms with E-state index in [9.17, 15) is 0 Å². The molecule has 74 valence electrons. The molecule has 14 heavy (non-hydrogen) atoms. The molecule has 0 amide bonds. The largest absolute Gasteiger partial charge is 0.332 e. The summed E-state index contributed by atoms with van der Waals surface area (Å²) in [6.45, 7) is 4.29. The van der Waals surface area contributed by atoms with Gasteiger partial charge < -0.3 is 4.90 Å². The van der Waals surface area contributed by atoms with E-state index < -0.39 is 0 Å². The second kappa shape index (κ2) is 2.84. The molecule has 0 spiro atoms. The van der Waals surface area contributed by atoms with Gasteiger partial charge in [-0.05, 0) is 25.0 Å². The van der Waals surface area contributed by atoms with Gasteiger partial charge in [-0.3, -0.25) is 5.41 Å². The number of rotatable bonds is 1. The predicted octanol–water partition coefficient (Wildman–Crippen LogP) is 2.78. The third-order valence-corrected chi connectivity index (χ3v) is 3.43. The van der Waals surface area contributed by atoms with Crippen molar-refractivity contribution in [1.29, 1.82) is 5.41 Å². The second-order valence-electron chi connectivity index (χ2n) is 4.11. The number of hydrogen-bond acceptors (Lipinski definition) is 1. The van der Waals surface area contributed by atoms with Gasteiger partial charge >= 0.3 is 0 Å². The Hall–Kier alpha value is -1.31. The van der Waals surface area contributed by atoms with Gasteiger partial charge in [0, 0.05) is 12.7 Å². The van der Waals surface area contributed by atoms with Crippen LogP contribution in [0.2, 0.25) is 0 Å². The Morgan fingerprint density at radius 1 is 1.36 bits per heavy atom. The van der Waals surface area contributed by atoms with Crippen molar-refractivity contribution >= 4 is 11.5 Å². The lowest BCUT2D eigenvalue weighted by atomic mass is 9.81. The maximum absolute atomic E-state index is 8.12. The molecular weight excluding hydrogens is 172 g/mol. The van der Waals surface area contributed by atoms with E-state index in [1.165, 1.54) is 11.3 Å². The molecule has 1 N–H and O–H groups in total. The van der Waals surface area contributed by atoms with Crippen LogP contribution in [0.3, 0.4) is 0 Å². The van der Waals surface area contributed by atoms with Crippen molar-refractivity contribution in [1.82, 2.24) is 0 Å². The smallest absolute Gasteiger partial charge is 0.111 e. The number of likely N-dealkylation sites (N-methyl/N-ethyl adjacent to an activating group) is 1. The zero-order valence-electron chi connectivity index (χ0n) is 8.96. The Bertz CT molecular complexity index is 384. The van der Waals surface area contributed by atoms with E-state index in [4.69, 9.17) is 5.41 Å². The molecule has 1 atom stereocenters. The third-order valence-electron chi connectivity index (χ3n) is 3.43. The van der Waals surface area contributed by atoms with Crippen LogP contribution in [0.25, 0.3) is 0 Å². The Kier molecular flexibility index (Phi) is 1.88. The van der Waals surface area contributed by atoms with E-state index >= 15 is 0 Å². The molecule has 0 saturated heterocycles. The molecule has 0 aliphatic carbocycles. The van der Waals surface area contributed by atoms with Crippen molar-refractivity contribution in [3.8, 4) is 0 Å². The molecule has 0 fully saturated rings. The molecule has 1 aliphatic heterocycles. The van der Waals surface area contributed by atoms with Gasteiger partial charge in [0.1, 0.15) is 5.84 Å². The Balaban J connectivity index is 2.65. The van der Waals surface area contributed by atoms with Crippen molar-refractivity contribution in [2.24, 2.45) is 0 Å². The highest BCUT2D eigenvalue weighted by atomic mass is 15.2. The molecule has 2 nitrogen and oxygen atoms in total. The number of anilines is 1. The SMILES string of the molecule is CCC1(C)C(=N)N(C)c2ccccc21. The van der Waals surface area contributed by atoms with Gasteiger partial charge in [-0.1, -0.05) is 25.1 Å². The van der Waals surface area contributed by atoms with Crippen molar-refractivity contribution in [3.63, 3.8) is 0 Å². The molecule has 2 rings (SSSR count). The van der Waals surface area contributed by atoms with Crippen molar-refractivity contribution in [2.75, 3.05) is 11.9 Å². The molecular formula is C12H16N2. The Morgan fingerprint density at radius 3 is 2.64 bits per heavy atom. The van der Waals surface area contributed by atoms with Crippen LogP contribution in [-0.2, 0) is 5.41 Å². The van der Waals surface area contributed by atoms with Crippen LogP contribution in [0.1, 0.15) is 25.8 Å². The molecule has 0 radical (unpaired) electrons. The van der Waals surface area contributed by atoms with E-state index in [1.54, 1.807) is 0 Å². The summed E-state index contributed by atoms with van der Waals surface area (Å²) in [5, 5.41) is 8.12. The summed E-state index contributed by atoms with van der Waals surface area (Å²) in [5.41, 5.74) is 2.38. The second-order valence-corrected chi connectivity index (χ2v) is 4.11. The lowest BCUT2D eigenvalue weighted by molar-refractivity contribution is 0.620. The summed E-state index contributed by atoms with van der Waals surface area (Å²) in [4.78, 5) is 1.98. The van der Waals surface area contributed by atoms with Crippen LogP contribution >= 0.6 is 0 Å². The average Bonchev–Trinajstić information content (AvgIpc) is 2.43. The Morgan fingerprint density at radius 2 is 2.00 bits per heavy atom. The van der Waals surface area contributed by atoms with Gasteiger partial charge in [-0.2, -0.15) is 0 Å². The van der Waals surface area contributed by atoms with Gasteiger partial charge in [-0.25, -0.2) is 0 Å². The maximum Gasteiger partial charge on any atom is 0.111 e. The van der Waals surface area contributed by atoms with E-state index in [0.29, 0.717) is 5.84 Å². The van der Waals surface area contributed by atoms with E-state index in [0.717, 1.165) is 6.42 Å². The Labute approximate surface area is 85.1 Å². The minimum Gasteiger partial charge on any atom is -0.332 e. The van der Waals surface area contributed by atoms with E-state index in [-0.39, 0.29) is 5.41 Å². The summed E-state index contributed by atoms with van der Waals surface area (Å²) < 4.78 is 0. The molecule has 0 bridgehead atoms. The zero-order chi connectivity index (χ0) is 10.3. The van der Waals surface area contributed by atoms with Crippen molar-refractivity contribution in [2.45, 2.75) is 25.7 Å². The number of para-hydroxylation sites is 1. The van der Waals surface area contributed by atoms with Gasteiger partial charge in [0.05, 0.1) is 5.41 Å². The highest BCUT2D eigenvalue weighted by molar-refractivity contribution is 6.09. The topological polar surface area (TPSA) is 27.1 Å². The normalized spacial score (nSPS) is 25.4. The van der Waals surface area contributed by atoms with Gasteiger partial charge in [0.15, 0.2) is 0 Å². The first-order valence-electron chi connectivity index (χ1n) is 5.03. The molecule has 1 aromatic rings. The molecule has 2 heteroatoms. The first kappa shape index (κ1) is 9.25. The highest BCUT2D eigenvalue weighted by Crippen LogP contribution is 2.42. The lowest BCUT2D eigenvalue weighted by Crippen LogP contribution is -2.34. The average molecular weight is 188 g/mol. The summed E-state index contributed by atoms with van der Waals surface area (Å²) in [6.07, 6.45) is 0.979.